The van der Waals surface area contributed by atoms with E-state index in [4.69, 9.17) is 42.8 Å². The first kappa shape index (κ1) is 20.3. The topological polar surface area (TPSA) is 49.0 Å². The zero-order valence-corrected chi connectivity index (χ0v) is 17.9. The van der Waals surface area contributed by atoms with Gasteiger partial charge in [0.2, 0.25) is 6.79 Å². The normalized spacial score (nSPS) is 11.8. The molecule has 0 saturated carbocycles. The summed E-state index contributed by atoms with van der Waals surface area (Å²) in [6, 6.07) is 19.0. The molecule has 1 aliphatic heterocycles. The summed E-state index contributed by atoms with van der Waals surface area (Å²) in [5.41, 5.74) is 2.92. The average Bonchev–Trinajstić information content (AvgIpc) is 3.25. The highest BCUT2D eigenvalue weighted by atomic mass is 35.5. The Bertz CT molecular complexity index is 1060. The lowest BCUT2D eigenvalue weighted by Crippen LogP contribution is -2.21. The van der Waals surface area contributed by atoms with Crippen LogP contribution >= 0.6 is 23.8 Å². The van der Waals surface area contributed by atoms with Gasteiger partial charge in [-0.15, -0.1) is 0 Å². The van der Waals surface area contributed by atoms with Crippen molar-refractivity contribution in [2.45, 2.75) is 13.2 Å². The zero-order chi connectivity index (χ0) is 20.9. The summed E-state index contributed by atoms with van der Waals surface area (Å²) in [6.45, 7) is 1.25. The molecule has 4 rings (SSSR count). The van der Waals surface area contributed by atoms with E-state index in [1.807, 2.05) is 60.7 Å². The quantitative estimate of drug-likeness (QED) is 0.513. The third-order valence-corrected chi connectivity index (χ3v) is 5.26. The van der Waals surface area contributed by atoms with Gasteiger partial charge in [-0.3, -0.25) is 0 Å². The Morgan fingerprint density at radius 1 is 0.967 bits per heavy atom. The molecule has 1 N–H and O–H groups in total. The number of benzene rings is 3. The number of hydrogen-bond acceptors (Lipinski definition) is 5. The van der Waals surface area contributed by atoms with E-state index in [-0.39, 0.29) is 6.79 Å². The van der Waals surface area contributed by atoms with Gasteiger partial charge in [-0.05, 0) is 53.6 Å². The van der Waals surface area contributed by atoms with Gasteiger partial charge >= 0.3 is 0 Å². The van der Waals surface area contributed by atoms with Crippen molar-refractivity contribution < 1.29 is 18.9 Å². The first-order chi connectivity index (χ1) is 14.6. The van der Waals surface area contributed by atoms with Crippen LogP contribution in [-0.2, 0) is 13.2 Å². The van der Waals surface area contributed by atoms with E-state index in [9.17, 15) is 0 Å². The number of rotatable bonds is 7. The summed E-state index contributed by atoms with van der Waals surface area (Å²) < 4.78 is 22.1. The molecule has 0 aromatic heterocycles. The van der Waals surface area contributed by atoms with Crippen molar-refractivity contribution >= 4 is 28.8 Å². The van der Waals surface area contributed by atoms with Gasteiger partial charge in [0.25, 0.3) is 0 Å². The summed E-state index contributed by atoms with van der Waals surface area (Å²) in [5.74, 6) is 2.78. The van der Waals surface area contributed by atoms with Crippen LogP contribution in [0.1, 0.15) is 16.7 Å². The van der Waals surface area contributed by atoms with E-state index < -0.39 is 0 Å². The highest BCUT2D eigenvalue weighted by Crippen LogP contribution is 2.32. The minimum Gasteiger partial charge on any atom is -0.493 e. The molecule has 0 spiro atoms. The number of halogens is 1. The van der Waals surface area contributed by atoms with Gasteiger partial charge in [-0.2, -0.15) is 0 Å². The molecule has 0 atom stereocenters. The zero-order valence-electron chi connectivity index (χ0n) is 16.3. The fourth-order valence-electron chi connectivity index (χ4n) is 3.01. The third-order valence-electron chi connectivity index (χ3n) is 4.62. The van der Waals surface area contributed by atoms with E-state index in [1.165, 1.54) is 0 Å². The molecule has 0 aliphatic carbocycles. The van der Waals surface area contributed by atoms with Crippen LogP contribution in [0.2, 0.25) is 5.02 Å². The molecule has 154 valence electrons. The minimum absolute atomic E-state index is 0.261. The van der Waals surface area contributed by atoms with E-state index in [2.05, 4.69) is 5.32 Å². The number of fused-ring (bicyclic) bond motifs is 1. The van der Waals surface area contributed by atoms with E-state index in [0.717, 1.165) is 28.2 Å². The monoisotopic (exact) mass is 441 g/mol. The summed E-state index contributed by atoms with van der Waals surface area (Å²) in [5, 5.41) is 3.96. The molecular formula is C23H20ClNO4S. The molecule has 0 radical (unpaired) electrons. The van der Waals surface area contributed by atoms with Crippen molar-refractivity contribution in [3.05, 3.63) is 82.4 Å². The van der Waals surface area contributed by atoms with E-state index in [1.54, 1.807) is 7.11 Å². The summed E-state index contributed by atoms with van der Waals surface area (Å²) in [4.78, 5) is 0.621. The van der Waals surface area contributed by atoms with Gasteiger partial charge in [-0.1, -0.05) is 42.0 Å². The van der Waals surface area contributed by atoms with Crippen LogP contribution in [0.3, 0.4) is 0 Å². The van der Waals surface area contributed by atoms with Crippen LogP contribution in [0.5, 0.6) is 23.0 Å². The molecule has 0 unspecified atom stereocenters. The van der Waals surface area contributed by atoms with Crippen LogP contribution in [0.4, 0.5) is 0 Å². The molecule has 3 aromatic carbocycles. The second kappa shape index (κ2) is 9.24. The average molecular weight is 442 g/mol. The molecule has 30 heavy (non-hydrogen) atoms. The molecule has 7 heteroatoms. The Hall–Kier alpha value is -2.96. The Balaban J connectivity index is 1.38. The molecule has 1 aliphatic rings. The van der Waals surface area contributed by atoms with E-state index >= 15 is 0 Å². The Labute approximate surface area is 185 Å². The number of methoxy groups -OCH3 is 1. The first-order valence-electron chi connectivity index (χ1n) is 9.34. The van der Waals surface area contributed by atoms with Crippen molar-refractivity contribution in [2.75, 3.05) is 13.9 Å². The SMILES string of the molecule is COc1cc(C(=S)NCc2ccc3c(c2)OCO3)ccc1OCc1ccc(Cl)cc1. The molecule has 0 bridgehead atoms. The first-order valence-corrected chi connectivity index (χ1v) is 10.1. The standard InChI is InChI=1S/C23H20ClNO4S/c1-26-21-11-17(5-9-19(21)27-13-15-2-6-18(24)7-3-15)23(30)25-12-16-4-8-20-22(10-16)29-14-28-20/h2-11H,12-14H2,1H3,(H,25,30). The molecular weight excluding hydrogens is 422 g/mol. The maximum Gasteiger partial charge on any atom is 0.231 e. The van der Waals surface area contributed by atoms with Crippen LogP contribution in [0.25, 0.3) is 0 Å². The number of ether oxygens (including phenoxy) is 4. The lowest BCUT2D eigenvalue weighted by Gasteiger charge is -2.14. The van der Waals surface area contributed by atoms with Crippen LogP contribution in [-0.4, -0.2) is 18.9 Å². The second-order valence-electron chi connectivity index (χ2n) is 6.65. The van der Waals surface area contributed by atoms with Gasteiger partial charge < -0.3 is 24.3 Å². The van der Waals surface area contributed by atoms with Crippen molar-refractivity contribution in [1.29, 1.82) is 0 Å². The molecule has 0 saturated heterocycles. The number of thiocarbonyl (C=S) groups is 1. The van der Waals surface area contributed by atoms with Crippen molar-refractivity contribution in [3.63, 3.8) is 0 Å². The van der Waals surface area contributed by atoms with Crippen molar-refractivity contribution in [1.82, 2.24) is 5.32 Å². The largest absolute Gasteiger partial charge is 0.493 e. The predicted molar refractivity (Wildman–Crippen MR) is 120 cm³/mol. The summed E-state index contributed by atoms with van der Waals surface area (Å²) in [6.07, 6.45) is 0. The van der Waals surface area contributed by atoms with Crippen molar-refractivity contribution in [2.24, 2.45) is 0 Å². The minimum atomic E-state index is 0.261. The van der Waals surface area contributed by atoms with Crippen molar-refractivity contribution in [3.8, 4) is 23.0 Å². The van der Waals surface area contributed by atoms with Crippen LogP contribution in [0, 0.1) is 0 Å². The Morgan fingerprint density at radius 2 is 1.73 bits per heavy atom. The fourth-order valence-corrected chi connectivity index (χ4v) is 3.33. The molecule has 1 heterocycles. The van der Waals surface area contributed by atoms with Gasteiger partial charge in [0.1, 0.15) is 11.6 Å². The predicted octanol–water partition coefficient (Wildman–Crippen LogP) is 5.12. The number of hydrogen-bond donors (Lipinski definition) is 1. The maximum atomic E-state index is 5.92. The second-order valence-corrected chi connectivity index (χ2v) is 7.50. The maximum absolute atomic E-state index is 5.92. The lowest BCUT2D eigenvalue weighted by atomic mass is 10.1. The van der Waals surface area contributed by atoms with E-state index in [0.29, 0.717) is 34.7 Å². The summed E-state index contributed by atoms with van der Waals surface area (Å²) >= 11 is 11.5. The third kappa shape index (κ3) is 4.78. The Morgan fingerprint density at radius 3 is 2.53 bits per heavy atom. The highest BCUT2D eigenvalue weighted by Gasteiger charge is 2.14. The van der Waals surface area contributed by atoms with Gasteiger partial charge in [-0.25, -0.2) is 0 Å². The highest BCUT2D eigenvalue weighted by molar-refractivity contribution is 7.80. The molecule has 5 nitrogen and oxygen atoms in total. The van der Waals surface area contributed by atoms with Gasteiger partial charge in [0.05, 0.1) is 7.11 Å². The fraction of sp³-hybridized carbons (Fsp3) is 0.174. The smallest absolute Gasteiger partial charge is 0.231 e. The molecule has 0 amide bonds. The Kier molecular flexibility index (Phi) is 6.26. The van der Waals surface area contributed by atoms with Crippen LogP contribution in [0.15, 0.2) is 60.7 Å². The lowest BCUT2D eigenvalue weighted by molar-refractivity contribution is 0.174. The molecule has 3 aromatic rings. The van der Waals surface area contributed by atoms with Gasteiger partial charge in [0.15, 0.2) is 23.0 Å². The number of nitrogens with one attached hydrogen (secondary N) is 1. The summed E-state index contributed by atoms with van der Waals surface area (Å²) in [7, 11) is 1.61. The van der Waals surface area contributed by atoms with Gasteiger partial charge in [0, 0.05) is 17.1 Å². The van der Waals surface area contributed by atoms with Crippen LogP contribution < -0.4 is 24.3 Å². The molecule has 0 fully saturated rings.